The molecule has 0 bridgehead atoms. The monoisotopic (exact) mass is 210 g/mol. The van der Waals surface area contributed by atoms with E-state index in [0.717, 1.165) is 5.56 Å². The van der Waals surface area contributed by atoms with Crippen LogP contribution in [-0.2, 0) is 0 Å². The van der Waals surface area contributed by atoms with Crippen LogP contribution >= 0.6 is 0 Å². The van der Waals surface area contributed by atoms with Gasteiger partial charge in [0.1, 0.15) is 5.82 Å². The first kappa shape index (κ1) is 12.1. The van der Waals surface area contributed by atoms with E-state index in [1.165, 1.54) is 6.07 Å². The summed E-state index contributed by atoms with van der Waals surface area (Å²) < 4.78 is 13.0. The lowest BCUT2D eigenvalue weighted by Gasteiger charge is -2.23. The molecule has 3 heteroatoms. The van der Waals surface area contributed by atoms with Crippen molar-refractivity contribution in [3.63, 3.8) is 0 Å². The molecule has 0 saturated heterocycles. The molecule has 0 aliphatic carbocycles. The lowest BCUT2D eigenvalue weighted by Crippen LogP contribution is -2.41. The summed E-state index contributed by atoms with van der Waals surface area (Å²) in [5, 5.41) is 3.33. The zero-order valence-electron chi connectivity index (χ0n) is 9.50. The molecular formula is C12H19FN2. The number of rotatable bonds is 4. The van der Waals surface area contributed by atoms with Crippen molar-refractivity contribution in [3.8, 4) is 0 Å². The second-order valence-corrected chi connectivity index (χ2v) is 4.09. The molecule has 1 rings (SSSR count). The van der Waals surface area contributed by atoms with Crippen LogP contribution in [0.15, 0.2) is 24.3 Å². The van der Waals surface area contributed by atoms with Gasteiger partial charge in [0.05, 0.1) is 0 Å². The second-order valence-electron chi connectivity index (χ2n) is 4.09. The van der Waals surface area contributed by atoms with Gasteiger partial charge in [-0.2, -0.15) is 0 Å². The number of nitrogens with two attached hydrogens (primary N) is 1. The SMILES string of the molecule is CC(NC(C)C(C)N)c1cccc(F)c1. The molecule has 0 aliphatic heterocycles. The standard InChI is InChI=1S/C12H19FN2/c1-8(14)9(2)15-10(3)11-5-4-6-12(13)7-11/h4-10,15H,14H2,1-3H3. The molecule has 0 aliphatic rings. The van der Waals surface area contributed by atoms with Crippen LogP contribution in [0.2, 0.25) is 0 Å². The molecule has 2 nitrogen and oxygen atoms in total. The Morgan fingerprint density at radius 1 is 1.27 bits per heavy atom. The van der Waals surface area contributed by atoms with Crippen molar-refractivity contribution in [2.45, 2.75) is 38.9 Å². The number of hydrogen-bond acceptors (Lipinski definition) is 2. The van der Waals surface area contributed by atoms with Gasteiger partial charge >= 0.3 is 0 Å². The highest BCUT2D eigenvalue weighted by Gasteiger charge is 2.12. The number of benzene rings is 1. The largest absolute Gasteiger partial charge is 0.327 e. The van der Waals surface area contributed by atoms with E-state index in [1.807, 2.05) is 26.8 Å². The summed E-state index contributed by atoms with van der Waals surface area (Å²) in [4.78, 5) is 0. The number of halogens is 1. The van der Waals surface area contributed by atoms with Gasteiger partial charge in [0.15, 0.2) is 0 Å². The van der Waals surface area contributed by atoms with Crippen LogP contribution < -0.4 is 11.1 Å². The molecule has 0 fully saturated rings. The van der Waals surface area contributed by atoms with Gasteiger partial charge < -0.3 is 11.1 Å². The minimum Gasteiger partial charge on any atom is -0.327 e. The van der Waals surface area contributed by atoms with Crippen LogP contribution in [0.25, 0.3) is 0 Å². The fourth-order valence-electron chi connectivity index (χ4n) is 1.42. The summed E-state index contributed by atoms with van der Waals surface area (Å²) in [7, 11) is 0. The van der Waals surface area contributed by atoms with E-state index in [2.05, 4.69) is 5.32 Å². The van der Waals surface area contributed by atoms with E-state index in [0.29, 0.717) is 0 Å². The van der Waals surface area contributed by atoms with Gasteiger partial charge in [-0.1, -0.05) is 12.1 Å². The number of nitrogens with one attached hydrogen (secondary N) is 1. The molecule has 0 spiro atoms. The van der Waals surface area contributed by atoms with Crippen LogP contribution in [0.5, 0.6) is 0 Å². The molecular weight excluding hydrogens is 191 g/mol. The molecule has 1 aromatic rings. The fraction of sp³-hybridized carbons (Fsp3) is 0.500. The normalized spacial score (nSPS) is 17.1. The smallest absolute Gasteiger partial charge is 0.123 e. The molecule has 0 saturated carbocycles. The summed E-state index contributed by atoms with van der Waals surface area (Å²) in [5.74, 6) is -0.199. The maximum absolute atomic E-state index is 13.0. The van der Waals surface area contributed by atoms with Crippen LogP contribution in [0.1, 0.15) is 32.4 Å². The van der Waals surface area contributed by atoms with Gasteiger partial charge in [-0.05, 0) is 38.5 Å². The summed E-state index contributed by atoms with van der Waals surface area (Å²) in [6.45, 7) is 5.99. The highest BCUT2D eigenvalue weighted by Crippen LogP contribution is 2.14. The third kappa shape index (κ3) is 3.61. The first-order valence-corrected chi connectivity index (χ1v) is 5.28. The van der Waals surface area contributed by atoms with E-state index in [9.17, 15) is 4.39 Å². The predicted molar refractivity (Wildman–Crippen MR) is 61.1 cm³/mol. The van der Waals surface area contributed by atoms with E-state index in [-0.39, 0.29) is 23.9 Å². The third-order valence-corrected chi connectivity index (χ3v) is 2.65. The maximum Gasteiger partial charge on any atom is 0.123 e. The summed E-state index contributed by atoms with van der Waals surface area (Å²) in [6.07, 6.45) is 0. The lowest BCUT2D eigenvalue weighted by atomic mass is 10.1. The zero-order chi connectivity index (χ0) is 11.4. The van der Waals surface area contributed by atoms with E-state index >= 15 is 0 Å². The molecule has 1 aromatic carbocycles. The van der Waals surface area contributed by atoms with Crippen molar-refractivity contribution in [3.05, 3.63) is 35.6 Å². The molecule has 15 heavy (non-hydrogen) atoms. The first-order valence-electron chi connectivity index (χ1n) is 5.28. The quantitative estimate of drug-likeness (QED) is 0.799. The van der Waals surface area contributed by atoms with Crippen molar-refractivity contribution in [1.82, 2.24) is 5.32 Å². The topological polar surface area (TPSA) is 38.0 Å². The summed E-state index contributed by atoms with van der Waals surface area (Å²) >= 11 is 0. The van der Waals surface area contributed by atoms with Crippen LogP contribution in [0.3, 0.4) is 0 Å². The van der Waals surface area contributed by atoms with Gasteiger partial charge in [-0.25, -0.2) is 4.39 Å². The van der Waals surface area contributed by atoms with Crippen LogP contribution in [0.4, 0.5) is 4.39 Å². The molecule has 0 radical (unpaired) electrons. The van der Waals surface area contributed by atoms with Crippen molar-refractivity contribution < 1.29 is 4.39 Å². The molecule has 0 aromatic heterocycles. The Kier molecular flexibility index (Phi) is 4.24. The summed E-state index contributed by atoms with van der Waals surface area (Å²) in [6, 6.07) is 7.04. The zero-order valence-corrected chi connectivity index (χ0v) is 9.50. The lowest BCUT2D eigenvalue weighted by molar-refractivity contribution is 0.429. The number of hydrogen-bond donors (Lipinski definition) is 2. The Labute approximate surface area is 90.7 Å². The summed E-state index contributed by atoms with van der Waals surface area (Å²) in [5.41, 5.74) is 6.70. The van der Waals surface area contributed by atoms with Crippen molar-refractivity contribution in [1.29, 1.82) is 0 Å². The van der Waals surface area contributed by atoms with Crippen molar-refractivity contribution in [2.24, 2.45) is 5.73 Å². The highest BCUT2D eigenvalue weighted by molar-refractivity contribution is 5.19. The van der Waals surface area contributed by atoms with E-state index in [1.54, 1.807) is 12.1 Å². The Balaban J connectivity index is 2.64. The van der Waals surface area contributed by atoms with Crippen molar-refractivity contribution in [2.75, 3.05) is 0 Å². The van der Waals surface area contributed by atoms with Crippen molar-refractivity contribution >= 4 is 0 Å². The fourth-order valence-corrected chi connectivity index (χ4v) is 1.42. The Hall–Kier alpha value is -0.930. The first-order chi connectivity index (χ1) is 7.00. The predicted octanol–water partition coefficient (Wildman–Crippen LogP) is 2.21. The Morgan fingerprint density at radius 3 is 2.47 bits per heavy atom. The minimum atomic E-state index is -0.199. The molecule has 3 atom stereocenters. The molecule has 0 heterocycles. The van der Waals surface area contributed by atoms with Gasteiger partial charge in [-0.3, -0.25) is 0 Å². The Bertz CT molecular complexity index is 312. The second kappa shape index (κ2) is 5.24. The average Bonchev–Trinajstić information content (AvgIpc) is 2.17. The van der Waals surface area contributed by atoms with Gasteiger partial charge in [0.25, 0.3) is 0 Å². The van der Waals surface area contributed by atoms with Gasteiger partial charge in [0, 0.05) is 18.1 Å². The molecule has 3 unspecified atom stereocenters. The van der Waals surface area contributed by atoms with Crippen LogP contribution in [0, 0.1) is 5.82 Å². The average molecular weight is 210 g/mol. The van der Waals surface area contributed by atoms with E-state index in [4.69, 9.17) is 5.73 Å². The van der Waals surface area contributed by atoms with Gasteiger partial charge in [-0.15, -0.1) is 0 Å². The maximum atomic E-state index is 13.0. The Morgan fingerprint density at radius 2 is 1.93 bits per heavy atom. The van der Waals surface area contributed by atoms with Crippen LogP contribution in [-0.4, -0.2) is 12.1 Å². The van der Waals surface area contributed by atoms with E-state index < -0.39 is 0 Å². The molecule has 84 valence electrons. The molecule has 3 N–H and O–H groups in total. The highest BCUT2D eigenvalue weighted by atomic mass is 19.1. The van der Waals surface area contributed by atoms with Gasteiger partial charge in [0.2, 0.25) is 0 Å². The third-order valence-electron chi connectivity index (χ3n) is 2.65. The minimum absolute atomic E-state index is 0.0843. The molecule has 0 amide bonds.